The van der Waals surface area contributed by atoms with E-state index in [9.17, 15) is 13.6 Å². The lowest BCUT2D eigenvalue weighted by atomic mass is 10.1. The number of nitrogens with zero attached hydrogens (tertiary/aromatic N) is 2. The molecule has 3 aromatic rings. The number of para-hydroxylation sites is 1. The Hall–Kier alpha value is -3.29. The number of benzene rings is 2. The van der Waals surface area contributed by atoms with E-state index in [-0.39, 0.29) is 22.9 Å². The number of aromatic amines is 1. The molecule has 0 unspecified atom stereocenters. The van der Waals surface area contributed by atoms with Crippen LogP contribution in [0.5, 0.6) is 11.5 Å². The van der Waals surface area contributed by atoms with Gasteiger partial charge in [0.1, 0.15) is 17.2 Å². The van der Waals surface area contributed by atoms with Crippen LogP contribution in [0.25, 0.3) is 11.3 Å². The second-order valence-electron chi connectivity index (χ2n) is 4.56. The Balaban J connectivity index is 2.02. The fraction of sp³-hybridized carbons (Fsp3) is 0. The Bertz CT molecular complexity index is 879. The van der Waals surface area contributed by atoms with Crippen molar-refractivity contribution in [1.29, 1.82) is 0 Å². The number of nitrogens with one attached hydrogen (secondary N) is 1. The number of primary amides is 1. The van der Waals surface area contributed by atoms with Gasteiger partial charge < -0.3 is 10.5 Å². The summed E-state index contributed by atoms with van der Waals surface area (Å²) < 4.78 is 31.8. The molecule has 3 rings (SSSR count). The summed E-state index contributed by atoms with van der Waals surface area (Å²) in [5.41, 5.74) is 5.83. The standard InChI is InChI=1S/C15H10F2N4O2/c16-10-6-5-8(7-11(10)17)23-12-4-2-1-3-9(12)13-14(15(18)22)20-21-19-13/h1-7H,(H2,18,22)(H,19,20,21). The van der Waals surface area contributed by atoms with Gasteiger partial charge in [-0.3, -0.25) is 4.79 Å². The largest absolute Gasteiger partial charge is 0.457 e. The molecule has 1 heterocycles. The lowest BCUT2D eigenvalue weighted by molar-refractivity contribution is 0.0996. The Morgan fingerprint density at radius 2 is 1.87 bits per heavy atom. The molecular weight excluding hydrogens is 306 g/mol. The summed E-state index contributed by atoms with van der Waals surface area (Å²) in [6.07, 6.45) is 0. The molecule has 116 valence electrons. The van der Waals surface area contributed by atoms with Gasteiger partial charge >= 0.3 is 0 Å². The summed E-state index contributed by atoms with van der Waals surface area (Å²) >= 11 is 0. The van der Waals surface area contributed by atoms with E-state index in [1.54, 1.807) is 24.3 Å². The minimum absolute atomic E-state index is 0.0497. The number of H-pyrrole nitrogens is 1. The second kappa shape index (κ2) is 5.84. The van der Waals surface area contributed by atoms with Crippen LogP contribution in [0.4, 0.5) is 8.78 Å². The van der Waals surface area contributed by atoms with Gasteiger partial charge in [-0.05, 0) is 24.3 Å². The first-order valence-corrected chi connectivity index (χ1v) is 6.49. The van der Waals surface area contributed by atoms with E-state index in [0.717, 1.165) is 12.1 Å². The van der Waals surface area contributed by atoms with Gasteiger partial charge in [0.2, 0.25) is 0 Å². The van der Waals surface area contributed by atoms with E-state index in [4.69, 9.17) is 10.5 Å². The molecule has 0 saturated heterocycles. The number of hydrogen-bond acceptors (Lipinski definition) is 4. The average Bonchev–Trinajstić information content (AvgIpc) is 3.01. The molecule has 1 aromatic heterocycles. The maximum absolute atomic E-state index is 13.3. The summed E-state index contributed by atoms with van der Waals surface area (Å²) in [5.74, 6) is -2.37. The molecule has 2 aromatic carbocycles. The predicted octanol–water partition coefficient (Wildman–Crippen LogP) is 2.64. The lowest BCUT2D eigenvalue weighted by Crippen LogP contribution is -2.12. The van der Waals surface area contributed by atoms with Crippen LogP contribution in [0.2, 0.25) is 0 Å². The fourth-order valence-electron chi connectivity index (χ4n) is 2.01. The van der Waals surface area contributed by atoms with Crippen molar-refractivity contribution in [2.45, 2.75) is 0 Å². The van der Waals surface area contributed by atoms with Gasteiger partial charge in [-0.25, -0.2) is 8.78 Å². The van der Waals surface area contributed by atoms with Crippen molar-refractivity contribution >= 4 is 5.91 Å². The van der Waals surface area contributed by atoms with Crippen LogP contribution in [0.15, 0.2) is 42.5 Å². The predicted molar refractivity (Wildman–Crippen MR) is 76.8 cm³/mol. The smallest absolute Gasteiger partial charge is 0.271 e. The van der Waals surface area contributed by atoms with E-state index in [1.165, 1.54) is 6.07 Å². The third-order valence-electron chi connectivity index (χ3n) is 3.04. The van der Waals surface area contributed by atoms with Crippen molar-refractivity contribution in [2.75, 3.05) is 0 Å². The number of rotatable bonds is 4. The van der Waals surface area contributed by atoms with Crippen LogP contribution < -0.4 is 10.5 Å². The van der Waals surface area contributed by atoms with E-state index in [2.05, 4.69) is 15.4 Å². The molecule has 3 N–H and O–H groups in total. The van der Waals surface area contributed by atoms with Crippen LogP contribution >= 0.6 is 0 Å². The molecule has 0 spiro atoms. The van der Waals surface area contributed by atoms with Crippen molar-refractivity contribution in [3.8, 4) is 22.8 Å². The third kappa shape index (κ3) is 2.86. The van der Waals surface area contributed by atoms with Gasteiger partial charge in [-0.15, -0.1) is 0 Å². The van der Waals surface area contributed by atoms with Crippen LogP contribution in [-0.2, 0) is 0 Å². The molecular formula is C15H10F2N4O2. The van der Waals surface area contributed by atoms with E-state index < -0.39 is 17.5 Å². The first-order chi connectivity index (χ1) is 11.1. The second-order valence-corrected chi connectivity index (χ2v) is 4.56. The Labute approximate surface area is 128 Å². The number of ether oxygens (including phenoxy) is 1. The number of nitrogens with two attached hydrogens (primary N) is 1. The molecule has 0 radical (unpaired) electrons. The number of halogens is 2. The van der Waals surface area contributed by atoms with Crippen molar-refractivity contribution < 1.29 is 18.3 Å². The highest BCUT2D eigenvalue weighted by molar-refractivity contribution is 5.97. The SMILES string of the molecule is NC(=O)c1n[nH]nc1-c1ccccc1Oc1ccc(F)c(F)c1. The average molecular weight is 316 g/mol. The number of aromatic nitrogens is 3. The van der Waals surface area contributed by atoms with E-state index >= 15 is 0 Å². The molecule has 0 aliphatic carbocycles. The van der Waals surface area contributed by atoms with Gasteiger partial charge in [-0.2, -0.15) is 15.4 Å². The van der Waals surface area contributed by atoms with Crippen molar-refractivity contribution in [3.05, 3.63) is 59.8 Å². The van der Waals surface area contributed by atoms with Crippen LogP contribution in [-0.4, -0.2) is 21.3 Å². The highest BCUT2D eigenvalue weighted by Gasteiger charge is 2.19. The first-order valence-electron chi connectivity index (χ1n) is 6.49. The number of carbonyl (C=O) groups is 1. The molecule has 0 aliphatic heterocycles. The Morgan fingerprint density at radius 3 is 2.61 bits per heavy atom. The zero-order valence-corrected chi connectivity index (χ0v) is 11.6. The molecule has 1 amide bonds. The zero-order chi connectivity index (χ0) is 16.4. The van der Waals surface area contributed by atoms with Crippen LogP contribution in [0, 0.1) is 11.6 Å². The summed E-state index contributed by atoms with van der Waals surface area (Å²) in [4.78, 5) is 11.4. The van der Waals surface area contributed by atoms with Gasteiger partial charge in [0, 0.05) is 11.6 Å². The number of hydrogen-bond donors (Lipinski definition) is 2. The summed E-state index contributed by atoms with van der Waals surface area (Å²) in [6, 6.07) is 9.78. The molecule has 0 fully saturated rings. The molecule has 23 heavy (non-hydrogen) atoms. The monoisotopic (exact) mass is 316 g/mol. The summed E-state index contributed by atoms with van der Waals surface area (Å²) in [7, 11) is 0. The normalized spacial score (nSPS) is 10.5. The first kappa shape index (κ1) is 14.6. The molecule has 6 nitrogen and oxygen atoms in total. The highest BCUT2D eigenvalue weighted by Crippen LogP contribution is 2.33. The van der Waals surface area contributed by atoms with Gasteiger partial charge in [0.05, 0.1) is 0 Å². The maximum atomic E-state index is 13.3. The highest BCUT2D eigenvalue weighted by atomic mass is 19.2. The van der Waals surface area contributed by atoms with Gasteiger partial charge in [0.25, 0.3) is 5.91 Å². The van der Waals surface area contributed by atoms with Crippen LogP contribution in [0.3, 0.4) is 0 Å². The summed E-state index contributed by atoms with van der Waals surface area (Å²) in [5, 5.41) is 9.90. The van der Waals surface area contributed by atoms with Crippen molar-refractivity contribution in [1.82, 2.24) is 15.4 Å². The fourth-order valence-corrected chi connectivity index (χ4v) is 2.01. The van der Waals surface area contributed by atoms with Gasteiger partial charge in [0.15, 0.2) is 17.3 Å². The third-order valence-corrected chi connectivity index (χ3v) is 3.04. The molecule has 0 saturated carbocycles. The minimum Gasteiger partial charge on any atom is -0.457 e. The molecule has 0 bridgehead atoms. The van der Waals surface area contributed by atoms with Crippen molar-refractivity contribution in [2.24, 2.45) is 5.73 Å². The summed E-state index contributed by atoms with van der Waals surface area (Å²) in [6.45, 7) is 0. The Kier molecular flexibility index (Phi) is 3.71. The topological polar surface area (TPSA) is 93.9 Å². The maximum Gasteiger partial charge on any atom is 0.271 e. The lowest BCUT2D eigenvalue weighted by Gasteiger charge is -2.10. The zero-order valence-electron chi connectivity index (χ0n) is 11.6. The quantitative estimate of drug-likeness (QED) is 0.773. The molecule has 0 atom stereocenters. The molecule has 0 aliphatic rings. The minimum atomic E-state index is -1.03. The number of carbonyl (C=O) groups excluding carboxylic acids is 1. The van der Waals surface area contributed by atoms with E-state index in [1.807, 2.05) is 0 Å². The Morgan fingerprint density at radius 1 is 1.09 bits per heavy atom. The number of amides is 1. The van der Waals surface area contributed by atoms with Crippen molar-refractivity contribution in [3.63, 3.8) is 0 Å². The van der Waals surface area contributed by atoms with Gasteiger partial charge in [-0.1, -0.05) is 12.1 Å². The van der Waals surface area contributed by atoms with E-state index in [0.29, 0.717) is 5.56 Å². The molecule has 8 heteroatoms. The van der Waals surface area contributed by atoms with Crippen LogP contribution in [0.1, 0.15) is 10.5 Å².